The van der Waals surface area contributed by atoms with Crippen LogP contribution in [0.4, 0.5) is 10.5 Å². The molecule has 0 aromatic heterocycles. The molecule has 2 N–H and O–H groups in total. The first-order valence-corrected chi connectivity index (χ1v) is 13.3. The van der Waals surface area contributed by atoms with E-state index in [4.69, 9.17) is 0 Å². The van der Waals surface area contributed by atoms with Gasteiger partial charge in [-0.15, -0.1) is 0 Å². The van der Waals surface area contributed by atoms with Gasteiger partial charge < -0.3 is 15.5 Å². The van der Waals surface area contributed by atoms with Gasteiger partial charge in [0.2, 0.25) is 0 Å². The van der Waals surface area contributed by atoms with Gasteiger partial charge in [-0.2, -0.15) is 0 Å². The Morgan fingerprint density at radius 2 is 1.34 bits per heavy atom. The van der Waals surface area contributed by atoms with Crippen molar-refractivity contribution < 1.29 is 4.79 Å². The molecule has 1 aliphatic rings. The predicted molar refractivity (Wildman–Crippen MR) is 155 cm³/mol. The number of amides is 2. The number of urea groups is 1. The molecule has 4 aromatic rings. The van der Waals surface area contributed by atoms with Gasteiger partial charge in [0.25, 0.3) is 0 Å². The Labute approximate surface area is 226 Å². The number of fused-ring (bicyclic) bond motifs is 1. The van der Waals surface area contributed by atoms with Crippen LogP contribution in [0.1, 0.15) is 39.9 Å². The molecule has 38 heavy (non-hydrogen) atoms. The smallest absolute Gasteiger partial charge is 0.315 e. The molecule has 0 spiro atoms. The number of anilines is 1. The molecule has 4 aromatic carbocycles. The van der Waals surface area contributed by atoms with E-state index in [1.807, 2.05) is 36.4 Å². The molecule has 194 valence electrons. The van der Waals surface area contributed by atoms with Gasteiger partial charge in [0.1, 0.15) is 0 Å². The van der Waals surface area contributed by atoms with Gasteiger partial charge in [0.05, 0.1) is 12.1 Å². The van der Waals surface area contributed by atoms with Gasteiger partial charge in [-0.1, -0.05) is 97.1 Å². The van der Waals surface area contributed by atoms with E-state index < -0.39 is 0 Å². The lowest BCUT2D eigenvalue weighted by Gasteiger charge is -2.36. The third kappa shape index (κ3) is 6.06. The summed E-state index contributed by atoms with van der Waals surface area (Å²) < 4.78 is 0. The van der Waals surface area contributed by atoms with Gasteiger partial charge in [-0.05, 0) is 46.4 Å². The molecule has 5 heteroatoms. The van der Waals surface area contributed by atoms with Gasteiger partial charge in [-0.25, -0.2) is 4.79 Å². The van der Waals surface area contributed by atoms with E-state index in [9.17, 15) is 4.79 Å². The van der Waals surface area contributed by atoms with Crippen molar-refractivity contribution in [3.05, 3.63) is 137 Å². The van der Waals surface area contributed by atoms with Gasteiger partial charge in [0.15, 0.2) is 0 Å². The number of hydrogen-bond donors (Lipinski definition) is 2. The van der Waals surface area contributed by atoms with Crippen LogP contribution in [0, 0.1) is 0 Å². The normalized spacial score (nSPS) is 14.0. The molecule has 2 amide bonds. The molecule has 1 aliphatic heterocycles. The van der Waals surface area contributed by atoms with Crippen molar-refractivity contribution in [2.45, 2.75) is 25.0 Å². The monoisotopic (exact) mass is 504 g/mol. The number of nitrogens with zero attached hydrogens (tertiary/aromatic N) is 2. The first kappa shape index (κ1) is 25.6. The SMILES string of the molecule is CN(C)c1ccc(C(CNC(=O)NC(c2ccccc2)c2ccccc2)N2CCc3ccccc3C2)cc1. The lowest BCUT2D eigenvalue weighted by atomic mass is 9.96. The largest absolute Gasteiger partial charge is 0.378 e. The summed E-state index contributed by atoms with van der Waals surface area (Å²) in [6.45, 7) is 2.35. The Morgan fingerprint density at radius 1 is 0.763 bits per heavy atom. The highest BCUT2D eigenvalue weighted by Gasteiger charge is 2.26. The molecule has 1 unspecified atom stereocenters. The third-order valence-electron chi connectivity index (χ3n) is 7.39. The topological polar surface area (TPSA) is 47.6 Å². The fraction of sp³-hybridized carbons (Fsp3) is 0.242. The lowest BCUT2D eigenvalue weighted by Crippen LogP contribution is -2.44. The van der Waals surface area contributed by atoms with Crippen molar-refractivity contribution in [3.8, 4) is 0 Å². The summed E-state index contributed by atoms with van der Waals surface area (Å²) >= 11 is 0. The van der Waals surface area contributed by atoms with Crippen molar-refractivity contribution in [2.24, 2.45) is 0 Å². The molecule has 5 rings (SSSR count). The minimum Gasteiger partial charge on any atom is -0.378 e. The minimum atomic E-state index is -0.225. The van der Waals surface area contributed by atoms with Crippen LogP contribution >= 0.6 is 0 Å². The lowest BCUT2D eigenvalue weighted by molar-refractivity contribution is 0.174. The zero-order chi connectivity index (χ0) is 26.3. The molecule has 0 fully saturated rings. The van der Waals surface area contributed by atoms with Crippen LogP contribution in [0.3, 0.4) is 0 Å². The molecule has 0 saturated carbocycles. The summed E-state index contributed by atoms with van der Waals surface area (Å²) in [5.74, 6) is 0. The average molecular weight is 505 g/mol. The number of hydrogen-bond acceptors (Lipinski definition) is 3. The van der Waals surface area contributed by atoms with Crippen LogP contribution in [0.25, 0.3) is 0 Å². The highest BCUT2D eigenvalue weighted by atomic mass is 16.2. The van der Waals surface area contributed by atoms with Gasteiger partial charge in [-0.3, -0.25) is 4.90 Å². The van der Waals surface area contributed by atoms with Crippen molar-refractivity contribution in [1.82, 2.24) is 15.5 Å². The highest BCUT2D eigenvalue weighted by molar-refractivity contribution is 5.75. The van der Waals surface area contributed by atoms with Crippen LogP contribution in [-0.2, 0) is 13.0 Å². The Bertz CT molecular complexity index is 1280. The Hall–Kier alpha value is -4.09. The van der Waals surface area contributed by atoms with Gasteiger partial charge >= 0.3 is 6.03 Å². The van der Waals surface area contributed by atoms with E-state index >= 15 is 0 Å². The van der Waals surface area contributed by atoms with E-state index in [0.717, 1.165) is 36.3 Å². The second-order valence-electron chi connectivity index (χ2n) is 10.1. The summed E-state index contributed by atoms with van der Waals surface area (Å²) in [5.41, 5.74) is 7.26. The summed E-state index contributed by atoms with van der Waals surface area (Å²) in [6, 6.07) is 37.3. The quantitative estimate of drug-likeness (QED) is 0.312. The van der Waals surface area contributed by atoms with Crippen LogP contribution in [0.2, 0.25) is 0 Å². The van der Waals surface area contributed by atoms with E-state index in [0.29, 0.717) is 6.54 Å². The average Bonchev–Trinajstić information content (AvgIpc) is 2.97. The molecule has 1 heterocycles. The molecular formula is C33H36N4O. The maximum Gasteiger partial charge on any atom is 0.315 e. The fourth-order valence-electron chi connectivity index (χ4n) is 5.26. The molecule has 0 saturated heterocycles. The molecule has 5 nitrogen and oxygen atoms in total. The molecule has 0 radical (unpaired) electrons. The van der Waals surface area contributed by atoms with Crippen molar-refractivity contribution in [3.63, 3.8) is 0 Å². The zero-order valence-electron chi connectivity index (χ0n) is 22.2. The number of benzene rings is 4. The summed E-state index contributed by atoms with van der Waals surface area (Å²) in [5, 5.41) is 6.43. The number of carbonyl (C=O) groups excluding carboxylic acids is 1. The number of carbonyl (C=O) groups is 1. The second kappa shape index (κ2) is 12.0. The highest BCUT2D eigenvalue weighted by Crippen LogP contribution is 2.29. The summed E-state index contributed by atoms with van der Waals surface area (Å²) in [6.07, 6.45) is 1.01. The molecule has 0 bridgehead atoms. The van der Waals surface area contributed by atoms with E-state index in [1.54, 1.807) is 0 Å². The van der Waals surface area contributed by atoms with Crippen LogP contribution in [0.5, 0.6) is 0 Å². The summed E-state index contributed by atoms with van der Waals surface area (Å²) in [7, 11) is 4.10. The van der Waals surface area contributed by atoms with Crippen LogP contribution in [0.15, 0.2) is 109 Å². The van der Waals surface area contributed by atoms with E-state index in [2.05, 4.69) is 107 Å². The first-order valence-electron chi connectivity index (χ1n) is 13.3. The second-order valence-corrected chi connectivity index (χ2v) is 10.1. The molecular weight excluding hydrogens is 468 g/mol. The van der Waals surface area contributed by atoms with Crippen molar-refractivity contribution >= 4 is 11.7 Å². The maximum absolute atomic E-state index is 13.3. The van der Waals surface area contributed by atoms with Crippen molar-refractivity contribution in [2.75, 3.05) is 32.1 Å². The predicted octanol–water partition coefficient (Wildman–Crippen LogP) is 5.94. The van der Waals surface area contributed by atoms with Gasteiger partial charge in [0, 0.05) is 39.4 Å². The van der Waals surface area contributed by atoms with Crippen LogP contribution < -0.4 is 15.5 Å². The Kier molecular flexibility index (Phi) is 8.05. The maximum atomic E-state index is 13.3. The Balaban J connectivity index is 1.34. The van der Waals surface area contributed by atoms with E-state index in [-0.39, 0.29) is 18.1 Å². The zero-order valence-corrected chi connectivity index (χ0v) is 22.2. The Morgan fingerprint density at radius 3 is 1.95 bits per heavy atom. The first-order chi connectivity index (χ1) is 18.6. The number of rotatable bonds is 8. The van der Waals surface area contributed by atoms with Crippen LogP contribution in [-0.4, -0.2) is 38.1 Å². The summed E-state index contributed by atoms with van der Waals surface area (Å²) in [4.78, 5) is 17.9. The van der Waals surface area contributed by atoms with Crippen molar-refractivity contribution in [1.29, 1.82) is 0 Å². The molecule has 1 atom stereocenters. The standard InChI is InChI=1S/C33H36N4O/c1-36(2)30-19-17-26(18-20-30)31(37-22-21-25-11-9-10-16-29(25)24-37)23-34-33(38)35-32(27-12-5-3-6-13-27)28-14-7-4-8-15-28/h3-20,31-32H,21-24H2,1-2H3,(H2,34,35,38). The minimum absolute atomic E-state index is 0.0669. The fourth-order valence-corrected chi connectivity index (χ4v) is 5.26. The van der Waals surface area contributed by atoms with E-state index in [1.165, 1.54) is 16.7 Å². The third-order valence-corrected chi connectivity index (χ3v) is 7.39. The number of nitrogens with one attached hydrogen (secondary N) is 2. The molecule has 0 aliphatic carbocycles.